The van der Waals surface area contributed by atoms with Gasteiger partial charge in [0.15, 0.2) is 11.6 Å². The van der Waals surface area contributed by atoms with Crippen LogP contribution in [0.15, 0.2) is 23.8 Å². The van der Waals surface area contributed by atoms with Crippen molar-refractivity contribution in [2.45, 2.75) is 26.7 Å². The lowest BCUT2D eigenvalue weighted by molar-refractivity contribution is -0.138. The number of unbranched alkanes of at least 4 members (excludes halogenated alkanes) is 1. The largest absolute Gasteiger partial charge is 0.462 e. The van der Waals surface area contributed by atoms with Crippen molar-refractivity contribution in [3.63, 3.8) is 0 Å². The molecule has 98 valence electrons. The maximum atomic E-state index is 13.0. The Bertz CT molecular complexity index is 453. The van der Waals surface area contributed by atoms with Crippen molar-refractivity contribution in [3.05, 3.63) is 41.0 Å². The van der Waals surface area contributed by atoms with Crippen molar-refractivity contribution >= 4 is 12.0 Å². The average molecular weight is 254 g/mol. The van der Waals surface area contributed by atoms with Crippen molar-refractivity contribution in [3.8, 4) is 0 Å². The van der Waals surface area contributed by atoms with E-state index in [0.717, 1.165) is 25.0 Å². The van der Waals surface area contributed by atoms with Crippen LogP contribution in [0.2, 0.25) is 0 Å². The molecule has 0 radical (unpaired) electrons. The number of hydrogen-bond donors (Lipinski definition) is 0. The zero-order valence-corrected chi connectivity index (χ0v) is 10.5. The zero-order valence-electron chi connectivity index (χ0n) is 10.5. The first-order valence-corrected chi connectivity index (χ1v) is 5.85. The third-order valence-corrected chi connectivity index (χ3v) is 2.38. The van der Waals surface area contributed by atoms with E-state index in [1.165, 1.54) is 12.1 Å². The van der Waals surface area contributed by atoms with Crippen molar-refractivity contribution < 1.29 is 18.3 Å². The Balaban J connectivity index is 2.69. The molecule has 0 bridgehead atoms. The minimum atomic E-state index is -0.934. The summed E-state index contributed by atoms with van der Waals surface area (Å²) in [6.45, 7) is 3.95. The van der Waals surface area contributed by atoms with Gasteiger partial charge in [-0.2, -0.15) is 0 Å². The third-order valence-electron chi connectivity index (χ3n) is 2.38. The van der Waals surface area contributed by atoms with E-state index in [4.69, 9.17) is 4.74 Å². The molecule has 1 rings (SSSR count). The maximum absolute atomic E-state index is 13.0. The van der Waals surface area contributed by atoms with Gasteiger partial charge in [-0.05, 0) is 37.1 Å². The summed E-state index contributed by atoms with van der Waals surface area (Å²) in [5.41, 5.74) is 0.788. The number of ether oxygens (including phenoxy) is 1. The number of esters is 1. The highest BCUT2D eigenvalue weighted by Gasteiger charge is 2.06. The van der Waals surface area contributed by atoms with Gasteiger partial charge in [0, 0.05) is 5.57 Å². The summed E-state index contributed by atoms with van der Waals surface area (Å²) < 4.78 is 30.7. The third kappa shape index (κ3) is 4.28. The van der Waals surface area contributed by atoms with Crippen LogP contribution < -0.4 is 0 Å². The Labute approximate surface area is 105 Å². The fourth-order valence-electron chi connectivity index (χ4n) is 1.33. The second-order valence-corrected chi connectivity index (χ2v) is 3.99. The van der Waals surface area contributed by atoms with Crippen LogP contribution in [-0.4, -0.2) is 12.6 Å². The number of halogens is 2. The summed E-state index contributed by atoms with van der Waals surface area (Å²) >= 11 is 0. The zero-order chi connectivity index (χ0) is 13.5. The Morgan fingerprint density at radius 3 is 2.67 bits per heavy atom. The molecule has 2 nitrogen and oxygen atoms in total. The topological polar surface area (TPSA) is 26.3 Å². The van der Waals surface area contributed by atoms with Crippen LogP contribution in [0.4, 0.5) is 8.78 Å². The van der Waals surface area contributed by atoms with E-state index >= 15 is 0 Å². The van der Waals surface area contributed by atoms with Crippen molar-refractivity contribution in [1.82, 2.24) is 0 Å². The summed E-state index contributed by atoms with van der Waals surface area (Å²) in [4.78, 5) is 11.5. The monoisotopic (exact) mass is 254 g/mol. The predicted octanol–water partition coefficient (Wildman–Crippen LogP) is 3.71. The minimum Gasteiger partial charge on any atom is -0.462 e. The van der Waals surface area contributed by atoms with E-state index < -0.39 is 17.6 Å². The van der Waals surface area contributed by atoms with E-state index in [2.05, 4.69) is 0 Å². The van der Waals surface area contributed by atoms with Gasteiger partial charge in [0.05, 0.1) is 6.61 Å². The van der Waals surface area contributed by atoms with Gasteiger partial charge in [0.2, 0.25) is 0 Å². The average Bonchev–Trinajstić information content (AvgIpc) is 2.34. The molecule has 0 aliphatic carbocycles. The summed E-state index contributed by atoms with van der Waals surface area (Å²) in [5.74, 6) is -2.28. The molecular weight excluding hydrogens is 238 g/mol. The second-order valence-electron chi connectivity index (χ2n) is 3.99. The van der Waals surface area contributed by atoms with E-state index in [1.807, 2.05) is 6.92 Å². The summed E-state index contributed by atoms with van der Waals surface area (Å²) in [6, 6.07) is 3.47. The van der Waals surface area contributed by atoms with Gasteiger partial charge in [-0.3, -0.25) is 0 Å². The Kier molecular flexibility index (Phi) is 5.49. The van der Waals surface area contributed by atoms with Crippen LogP contribution >= 0.6 is 0 Å². The second kappa shape index (κ2) is 6.89. The van der Waals surface area contributed by atoms with E-state index in [1.54, 1.807) is 6.92 Å². The van der Waals surface area contributed by atoms with Crippen LogP contribution in [0, 0.1) is 11.6 Å². The predicted molar refractivity (Wildman–Crippen MR) is 65.9 cm³/mol. The highest BCUT2D eigenvalue weighted by atomic mass is 19.2. The van der Waals surface area contributed by atoms with Crippen molar-refractivity contribution in [2.75, 3.05) is 6.61 Å². The smallest absolute Gasteiger partial charge is 0.333 e. The van der Waals surface area contributed by atoms with Gasteiger partial charge >= 0.3 is 5.97 Å². The Morgan fingerprint density at radius 1 is 1.33 bits per heavy atom. The van der Waals surface area contributed by atoms with Crippen LogP contribution in [0.3, 0.4) is 0 Å². The molecule has 0 saturated heterocycles. The lowest BCUT2D eigenvalue weighted by Gasteiger charge is -2.04. The summed E-state index contributed by atoms with van der Waals surface area (Å²) in [7, 11) is 0. The number of carbonyl (C=O) groups is 1. The molecule has 0 fully saturated rings. The number of hydrogen-bond acceptors (Lipinski definition) is 2. The van der Waals surface area contributed by atoms with Crippen molar-refractivity contribution in [2.24, 2.45) is 0 Å². The van der Waals surface area contributed by atoms with Crippen LogP contribution in [0.5, 0.6) is 0 Å². The van der Waals surface area contributed by atoms with Gasteiger partial charge in [0.1, 0.15) is 0 Å². The first kappa shape index (κ1) is 14.4. The van der Waals surface area contributed by atoms with Crippen LogP contribution in [0.1, 0.15) is 32.3 Å². The molecule has 0 saturated carbocycles. The van der Waals surface area contributed by atoms with Crippen LogP contribution in [-0.2, 0) is 9.53 Å². The SMILES string of the molecule is CCCCOC(=O)C(C)=Cc1ccc(F)c(F)c1. The van der Waals surface area contributed by atoms with Gasteiger partial charge in [-0.15, -0.1) is 0 Å². The number of carbonyl (C=O) groups excluding carboxylic acids is 1. The molecule has 0 N–H and O–H groups in total. The molecule has 0 amide bonds. The molecule has 18 heavy (non-hydrogen) atoms. The molecule has 0 atom stereocenters. The molecule has 4 heteroatoms. The lowest BCUT2D eigenvalue weighted by Crippen LogP contribution is -2.06. The molecule has 0 spiro atoms. The quantitative estimate of drug-likeness (QED) is 0.455. The molecule has 0 heterocycles. The molecule has 0 aromatic heterocycles. The van der Waals surface area contributed by atoms with E-state index in [9.17, 15) is 13.6 Å². The highest BCUT2D eigenvalue weighted by molar-refractivity contribution is 5.92. The Morgan fingerprint density at radius 2 is 2.06 bits per heavy atom. The normalized spacial score (nSPS) is 11.4. The van der Waals surface area contributed by atoms with Gasteiger partial charge in [0.25, 0.3) is 0 Å². The van der Waals surface area contributed by atoms with Crippen molar-refractivity contribution in [1.29, 1.82) is 0 Å². The summed E-state index contributed by atoms with van der Waals surface area (Å²) in [5, 5.41) is 0. The number of benzene rings is 1. The Hall–Kier alpha value is -1.71. The summed E-state index contributed by atoms with van der Waals surface area (Å²) in [6.07, 6.45) is 3.22. The molecule has 0 aliphatic rings. The molecule has 1 aromatic carbocycles. The fourth-order valence-corrected chi connectivity index (χ4v) is 1.33. The van der Waals surface area contributed by atoms with Gasteiger partial charge in [-0.1, -0.05) is 19.4 Å². The molecule has 0 aliphatic heterocycles. The van der Waals surface area contributed by atoms with E-state index in [-0.39, 0.29) is 0 Å². The number of rotatable bonds is 5. The van der Waals surface area contributed by atoms with Gasteiger partial charge in [-0.25, -0.2) is 13.6 Å². The highest BCUT2D eigenvalue weighted by Crippen LogP contribution is 2.12. The standard InChI is InChI=1S/C14H16F2O2/c1-3-4-7-18-14(17)10(2)8-11-5-6-12(15)13(16)9-11/h5-6,8-9H,3-4,7H2,1-2H3. The maximum Gasteiger partial charge on any atom is 0.333 e. The first-order valence-electron chi connectivity index (χ1n) is 5.85. The lowest BCUT2D eigenvalue weighted by atomic mass is 10.1. The van der Waals surface area contributed by atoms with Crippen LogP contribution in [0.25, 0.3) is 6.08 Å². The molecule has 1 aromatic rings. The first-order chi connectivity index (χ1) is 8.54. The molecule has 0 unspecified atom stereocenters. The van der Waals surface area contributed by atoms with Gasteiger partial charge < -0.3 is 4.74 Å². The van der Waals surface area contributed by atoms with E-state index in [0.29, 0.717) is 17.7 Å². The molecular formula is C14H16F2O2. The minimum absolute atomic E-state index is 0.358. The fraction of sp³-hybridized carbons (Fsp3) is 0.357.